The van der Waals surface area contributed by atoms with Gasteiger partial charge in [0.15, 0.2) is 0 Å². The van der Waals surface area contributed by atoms with Crippen molar-refractivity contribution < 1.29 is 19.5 Å². The predicted molar refractivity (Wildman–Crippen MR) is 184 cm³/mol. The van der Waals surface area contributed by atoms with E-state index in [1.165, 1.54) is 68.3 Å². The van der Waals surface area contributed by atoms with Crippen molar-refractivity contribution in [3.05, 3.63) is 120 Å². The molecule has 2 N–H and O–H groups in total. The lowest BCUT2D eigenvalue weighted by Crippen LogP contribution is -2.58. The first-order chi connectivity index (χ1) is 22.5. The van der Waals surface area contributed by atoms with Crippen LogP contribution in [-0.4, -0.2) is 46.8 Å². The highest BCUT2D eigenvalue weighted by molar-refractivity contribution is 6.03. The Morgan fingerprint density at radius 2 is 1.50 bits per heavy atom. The molecule has 4 aromatic rings. The fraction of sp³-hybridized carbons (Fsp3) is 0.390. The Kier molecular flexibility index (Phi) is 8.97. The molecule has 3 atom stereocenters. The number of aliphatic hydroxyl groups excluding tert-OH is 1. The van der Waals surface area contributed by atoms with E-state index in [2.05, 4.69) is 48.5 Å². The number of hydrogen-bond acceptors (Lipinski definition) is 3. The van der Waals surface area contributed by atoms with E-state index in [4.69, 9.17) is 0 Å². The number of hydrogen-bond donors (Lipinski definition) is 2. The number of piperidine rings is 3. The number of unbranched alkanes of at least 4 members (excludes halogenated alkanes) is 1. The molecule has 1 unspecified atom stereocenters. The molecule has 4 aliphatic heterocycles. The number of anilines is 1. The summed E-state index contributed by atoms with van der Waals surface area (Å²) < 4.78 is 1.37. The van der Waals surface area contributed by atoms with Crippen molar-refractivity contribution in [3.63, 3.8) is 0 Å². The van der Waals surface area contributed by atoms with Crippen molar-refractivity contribution in [2.45, 2.75) is 63.5 Å². The molecule has 238 valence electrons. The highest BCUT2D eigenvalue weighted by Gasteiger charge is 2.48. The Balaban J connectivity index is 1.04. The second-order valence-corrected chi connectivity index (χ2v) is 14.0. The van der Waals surface area contributed by atoms with Crippen LogP contribution in [0.25, 0.3) is 11.1 Å². The molecule has 4 fully saturated rings. The number of rotatable bonds is 12. The largest absolute Gasteiger partial charge is 0.508 e. The van der Waals surface area contributed by atoms with Gasteiger partial charge in [0.2, 0.25) is 5.91 Å². The summed E-state index contributed by atoms with van der Waals surface area (Å²) in [5, 5.41) is 20.8. The first-order valence-electron chi connectivity index (χ1n) is 17.4. The van der Waals surface area contributed by atoms with Crippen LogP contribution in [0.4, 0.5) is 5.69 Å². The molecule has 5 heteroatoms. The lowest BCUT2D eigenvalue weighted by Gasteiger charge is -2.49. The van der Waals surface area contributed by atoms with Crippen molar-refractivity contribution in [1.82, 2.24) is 0 Å². The van der Waals surface area contributed by atoms with Crippen molar-refractivity contribution in [3.8, 4) is 16.9 Å². The van der Waals surface area contributed by atoms with Crippen molar-refractivity contribution >= 4 is 11.6 Å². The number of aliphatic hydroxyl groups is 1. The molecule has 8 rings (SSSR count). The van der Waals surface area contributed by atoms with Crippen molar-refractivity contribution in [2.24, 2.45) is 11.8 Å². The maximum absolute atomic E-state index is 13.7. The lowest BCUT2D eigenvalue weighted by atomic mass is 9.78. The topological polar surface area (TPSA) is 60.8 Å². The van der Waals surface area contributed by atoms with Gasteiger partial charge in [-0.3, -0.25) is 4.79 Å². The van der Waals surface area contributed by atoms with Gasteiger partial charge in [-0.15, -0.1) is 0 Å². The van der Waals surface area contributed by atoms with Gasteiger partial charge in [0.25, 0.3) is 0 Å². The highest BCUT2D eigenvalue weighted by atomic mass is 16.3. The number of phenolic OH excluding ortho intramolecular Hbond substituents is 1. The molecule has 0 spiro atoms. The SMILES string of the molecule is O=C1[C@H](CCC(O)c2ccccc2)[C@@H](c2ccc(-c3cccc(O)c3)cc2)N1c1ccc(CCCC[N+]23CCC(CC2)CC3)cc1. The molecule has 5 nitrogen and oxygen atoms in total. The van der Waals surface area contributed by atoms with Gasteiger partial charge >= 0.3 is 0 Å². The van der Waals surface area contributed by atoms with Gasteiger partial charge < -0.3 is 19.6 Å². The molecule has 4 aromatic carbocycles. The van der Waals surface area contributed by atoms with Crippen LogP contribution in [-0.2, 0) is 11.2 Å². The van der Waals surface area contributed by atoms with Crippen LogP contribution >= 0.6 is 0 Å². The molecule has 0 aromatic heterocycles. The third-order valence-corrected chi connectivity index (χ3v) is 11.2. The first-order valence-corrected chi connectivity index (χ1v) is 17.4. The number of benzene rings is 4. The molecule has 4 saturated heterocycles. The fourth-order valence-corrected chi connectivity index (χ4v) is 8.31. The van der Waals surface area contributed by atoms with E-state index in [0.29, 0.717) is 12.8 Å². The zero-order chi connectivity index (χ0) is 31.5. The van der Waals surface area contributed by atoms with E-state index in [-0.39, 0.29) is 23.6 Å². The van der Waals surface area contributed by atoms with E-state index in [1.807, 2.05) is 47.4 Å². The van der Waals surface area contributed by atoms with Gasteiger partial charge in [0, 0.05) is 5.69 Å². The standard InChI is InChI=1S/C41H46N2O3/c44-37-11-6-10-35(29-37)32-14-16-34(17-15-32)40-38(20-21-39(45)33-8-2-1-3-9-33)41(46)42(40)36-18-12-30(13-19-36)7-4-5-25-43-26-22-31(23-27-43)24-28-43/h1-3,6,8-19,29,31,38-40,45H,4-5,7,20-28H2/p+1/t31?,38-,39?,40-,43?/m1/s1. The number of carbonyl (C=O) groups is 1. The molecule has 2 bridgehead atoms. The Hall–Kier alpha value is -3.93. The maximum Gasteiger partial charge on any atom is 0.233 e. The molecule has 1 amide bonds. The fourth-order valence-electron chi connectivity index (χ4n) is 8.31. The summed E-state index contributed by atoms with van der Waals surface area (Å²) in [5.41, 5.74) is 6.22. The van der Waals surface area contributed by atoms with Crippen LogP contribution in [0.3, 0.4) is 0 Å². The number of β-lactam (4-membered cyclic amide) rings is 1. The molecule has 4 aliphatic rings. The molecular weight excluding hydrogens is 568 g/mol. The molecule has 0 radical (unpaired) electrons. The van der Waals surface area contributed by atoms with E-state index < -0.39 is 6.10 Å². The summed E-state index contributed by atoms with van der Waals surface area (Å²) in [4.78, 5) is 15.7. The maximum atomic E-state index is 13.7. The monoisotopic (exact) mass is 615 g/mol. The minimum absolute atomic E-state index is 0.0952. The van der Waals surface area contributed by atoms with E-state index in [1.54, 1.807) is 12.1 Å². The summed E-state index contributed by atoms with van der Waals surface area (Å²) in [6.45, 7) is 5.53. The van der Waals surface area contributed by atoms with Gasteiger partial charge in [-0.25, -0.2) is 0 Å². The summed E-state index contributed by atoms with van der Waals surface area (Å²) >= 11 is 0. The number of fused-ring (bicyclic) bond motifs is 3. The number of nitrogens with zero attached hydrogens (tertiary/aromatic N) is 2. The molecule has 4 heterocycles. The van der Waals surface area contributed by atoms with Gasteiger partial charge in [-0.1, -0.05) is 78.9 Å². The highest BCUT2D eigenvalue weighted by Crippen LogP contribution is 2.46. The average molecular weight is 616 g/mol. The number of phenols is 1. The van der Waals surface area contributed by atoms with Crippen LogP contribution in [0.1, 0.15) is 73.8 Å². The smallest absolute Gasteiger partial charge is 0.233 e. The third-order valence-electron chi connectivity index (χ3n) is 11.2. The second-order valence-electron chi connectivity index (χ2n) is 14.0. The Labute approximate surface area is 273 Å². The summed E-state index contributed by atoms with van der Waals surface area (Å²) in [6, 6.07) is 33.9. The lowest BCUT2D eigenvalue weighted by molar-refractivity contribution is -0.942. The zero-order valence-electron chi connectivity index (χ0n) is 26.8. The molecule has 0 saturated carbocycles. The quantitative estimate of drug-likeness (QED) is 0.0959. The van der Waals surface area contributed by atoms with Gasteiger partial charge in [0.05, 0.1) is 44.2 Å². The summed E-state index contributed by atoms with van der Waals surface area (Å²) in [5.74, 6) is 1.18. The average Bonchev–Trinajstić information content (AvgIpc) is 3.11. The van der Waals surface area contributed by atoms with Gasteiger partial charge in [-0.2, -0.15) is 0 Å². The number of aryl methyl sites for hydroxylation is 1. The van der Waals surface area contributed by atoms with Crippen molar-refractivity contribution in [2.75, 3.05) is 31.1 Å². The Morgan fingerprint density at radius 3 is 2.20 bits per heavy atom. The van der Waals surface area contributed by atoms with Gasteiger partial charge in [0.1, 0.15) is 5.75 Å². The minimum Gasteiger partial charge on any atom is -0.508 e. The van der Waals surface area contributed by atoms with E-state index in [0.717, 1.165) is 40.3 Å². The number of quaternary nitrogens is 1. The molecule has 0 aliphatic carbocycles. The molecule has 46 heavy (non-hydrogen) atoms. The predicted octanol–water partition coefficient (Wildman–Crippen LogP) is 8.23. The summed E-state index contributed by atoms with van der Waals surface area (Å²) in [7, 11) is 0. The van der Waals surface area contributed by atoms with Crippen LogP contribution in [0.2, 0.25) is 0 Å². The summed E-state index contributed by atoms with van der Waals surface area (Å²) in [6.07, 6.45) is 8.45. The van der Waals surface area contributed by atoms with E-state index in [9.17, 15) is 15.0 Å². The van der Waals surface area contributed by atoms with Crippen LogP contribution in [0.5, 0.6) is 5.75 Å². The van der Waals surface area contributed by atoms with E-state index >= 15 is 0 Å². The normalized spacial score (nSPS) is 24.5. The third kappa shape index (κ3) is 6.49. The van der Waals surface area contributed by atoms with Gasteiger partial charge in [-0.05, 0) is 109 Å². The zero-order valence-corrected chi connectivity index (χ0v) is 26.8. The first kappa shape index (κ1) is 30.7. The number of aromatic hydroxyl groups is 1. The number of amides is 1. The molecular formula is C41H47N2O3+. The van der Waals surface area contributed by atoms with Crippen LogP contribution in [0, 0.1) is 11.8 Å². The van der Waals surface area contributed by atoms with Crippen LogP contribution < -0.4 is 4.90 Å². The second kappa shape index (κ2) is 13.4. The Bertz CT molecular complexity index is 1600. The minimum atomic E-state index is -0.595. The number of carbonyl (C=O) groups excluding carboxylic acids is 1. The van der Waals surface area contributed by atoms with Crippen LogP contribution in [0.15, 0.2) is 103 Å². The Morgan fingerprint density at radius 1 is 0.783 bits per heavy atom. The van der Waals surface area contributed by atoms with Crippen molar-refractivity contribution in [1.29, 1.82) is 0 Å².